The highest BCUT2D eigenvalue weighted by Crippen LogP contribution is 2.14. The SMILES string of the molecule is CCc1ccc(C(=O)CN(C)c2ccc(C#N)cc2)cc1. The van der Waals surface area contributed by atoms with Crippen molar-refractivity contribution >= 4 is 11.5 Å². The van der Waals surface area contributed by atoms with E-state index in [0.717, 1.165) is 17.7 Å². The second-order valence-corrected chi connectivity index (χ2v) is 4.99. The maximum absolute atomic E-state index is 12.3. The predicted octanol–water partition coefficient (Wildman–Crippen LogP) is 3.44. The van der Waals surface area contributed by atoms with E-state index in [1.807, 2.05) is 48.3 Å². The van der Waals surface area contributed by atoms with Crippen molar-refractivity contribution in [3.8, 4) is 6.07 Å². The number of Topliss-reactive ketones (excluding diaryl/α,β-unsaturated/α-hetero) is 1. The molecule has 0 amide bonds. The van der Waals surface area contributed by atoms with Crippen LogP contribution in [0, 0.1) is 11.3 Å². The molecule has 0 saturated heterocycles. The largest absolute Gasteiger partial charge is 0.367 e. The Bertz CT molecular complexity index is 651. The third kappa shape index (κ3) is 3.70. The Kier molecular flexibility index (Phi) is 4.73. The molecule has 0 bridgehead atoms. The molecule has 0 aromatic heterocycles. The summed E-state index contributed by atoms with van der Waals surface area (Å²) in [6.07, 6.45) is 0.972. The van der Waals surface area contributed by atoms with E-state index in [1.165, 1.54) is 5.56 Å². The van der Waals surface area contributed by atoms with Crippen LogP contribution in [0.15, 0.2) is 48.5 Å². The average molecular weight is 278 g/mol. The zero-order valence-corrected chi connectivity index (χ0v) is 12.3. The lowest BCUT2D eigenvalue weighted by atomic mass is 10.1. The van der Waals surface area contributed by atoms with Gasteiger partial charge in [-0.3, -0.25) is 4.79 Å². The minimum absolute atomic E-state index is 0.0875. The number of ketones is 1. The molecule has 0 aliphatic heterocycles. The fraction of sp³-hybridized carbons (Fsp3) is 0.222. The lowest BCUT2D eigenvalue weighted by molar-refractivity contribution is 0.100. The van der Waals surface area contributed by atoms with Crippen molar-refractivity contribution in [1.29, 1.82) is 5.26 Å². The van der Waals surface area contributed by atoms with E-state index in [9.17, 15) is 4.79 Å². The van der Waals surface area contributed by atoms with Crippen LogP contribution in [0.3, 0.4) is 0 Å². The fourth-order valence-corrected chi connectivity index (χ4v) is 2.11. The van der Waals surface area contributed by atoms with Gasteiger partial charge < -0.3 is 4.90 Å². The van der Waals surface area contributed by atoms with Gasteiger partial charge in [-0.05, 0) is 36.2 Å². The van der Waals surface area contributed by atoms with Crippen molar-refractivity contribution in [1.82, 2.24) is 0 Å². The number of likely N-dealkylation sites (N-methyl/N-ethyl adjacent to an activating group) is 1. The van der Waals surface area contributed by atoms with Crippen molar-refractivity contribution in [2.45, 2.75) is 13.3 Å². The molecule has 0 N–H and O–H groups in total. The highest BCUT2D eigenvalue weighted by molar-refractivity contribution is 5.99. The second kappa shape index (κ2) is 6.71. The minimum atomic E-state index is 0.0875. The van der Waals surface area contributed by atoms with Gasteiger partial charge in [0, 0.05) is 18.3 Å². The van der Waals surface area contributed by atoms with E-state index in [0.29, 0.717) is 12.1 Å². The summed E-state index contributed by atoms with van der Waals surface area (Å²) in [7, 11) is 1.87. The summed E-state index contributed by atoms with van der Waals surface area (Å²) in [6, 6.07) is 17.1. The van der Waals surface area contributed by atoms with Crippen LogP contribution in [0.25, 0.3) is 0 Å². The smallest absolute Gasteiger partial charge is 0.182 e. The normalized spacial score (nSPS) is 9.95. The molecule has 2 aromatic carbocycles. The first kappa shape index (κ1) is 14.8. The van der Waals surface area contributed by atoms with Gasteiger partial charge in [0.1, 0.15) is 0 Å². The molecule has 2 rings (SSSR count). The Morgan fingerprint density at radius 3 is 2.24 bits per heavy atom. The predicted molar refractivity (Wildman–Crippen MR) is 84.6 cm³/mol. The molecule has 0 aliphatic rings. The van der Waals surface area contributed by atoms with Crippen LogP contribution in [0.5, 0.6) is 0 Å². The Hall–Kier alpha value is -2.60. The van der Waals surface area contributed by atoms with Gasteiger partial charge in [0.15, 0.2) is 5.78 Å². The van der Waals surface area contributed by atoms with Gasteiger partial charge in [-0.15, -0.1) is 0 Å². The standard InChI is InChI=1S/C18H18N2O/c1-3-14-4-8-16(9-5-14)18(21)13-20(2)17-10-6-15(12-19)7-11-17/h4-11H,3,13H2,1-2H3. The van der Waals surface area contributed by atoms with E-state index in [-0.39, 0.29) is 5.78 Å². The Labute approximate surface area is 125 Å². The Balaban J connectivity index is 2.05. The van der Waals surface area contributed by atoms with Gasteiger partial charge in [0.05, 0.1) is 18.2 Å². The molecule has 3 nitrogen and oxygen atoms in total. The van der Waals surface area contributed by atoms with Crippen LogP contribution in [0.1, 0.15) is 28.4 Å². The van der Waals surface area contributed by atoms with Gasteiger partial charge in [-0.25, -0.2) is 0 Å². The maximum atomic E-state index is 12.3. The highest BCUT2D eigenvalue weighted by Gasteiger charge is 2.10. The summed E-state index contributed by atoms with van der Waals surface area (Å²) in [6.45, 7) is 2.41. The van der Waals surface area contributed by atoms with Crippen LogP contribution in [-0.2, 0) is 6.42 Å². The van der Waals surface area contributed by atoms with Crippen molar-refractivity contribution < 1.29 is 4.79 Å². The maximum Gasteiger partial charge on any atom is 0.182 e. The Morgan fingerprint density at radius 2 is 1.71 bits per heavy atom. The van der Waals surface area contributed by atoms with Gasteiger partial charge in [-0.2, -0.15) is 5.26 Å². The number of benzene rings is 2. The van der Waals surface area contributed by atoms with E-state index in [2.05, 4.69) is 13.0 Å². The van der Waals surface area contributed by atoms with E-state index in [4.69, 9.17) is 5.26 Å². The lowest BCUT2D eigenvalue weighted by Crippen LogP contribution is -2.25. The monoisotopic (exact) mass is 278 g/mol. The number of nitrogens with zero attached hydrogens (tertiary/aromatic N) is 2. The van der Waals surface area contributed by atoms with Crippen LogP contribution in [0.4, 0.5) is 5.69 Å². The summed E-state index contributed by atoms with van der Waals surface area (Å²) in [4.78, 5) is 14.1. The molecule has 0 unspecified atom stereocenters. The molecule has 0 aliphatic carbocycles. The fourth-order valence-electron chi connectivity index (χ4n) is 2.11. The van der Waals surface area contributed by atoms with Gasteiger partial charge >= 0.3 is 0 Å². The first-order valence-corrected chi connectivity index (χ1v) is 6.97. The molecule has 0 radical (unpaired) electrons. The third-order valence-electron chi connectivity index (χ3n) is 3.50. The molecule has 3 heteroatoms. The highest BCUT2D eigenvalue weighted by atomic mass is 16.1. The zero-order valence-electron chi connectivity index (χ0n) is 12.3. The Morgan fingerprint density at radius 1 is 1.10 bits per heavy atom. The molecule has 106 valence electrons. The molecule has 2 aromatic rings. The average Bonchev–Trinajstić information content (AvgIpc) is 2.55. The molecular weight excluding hydrogens is 260 g/mol. The summed E-state index contributed by atoms with van der Waals surface area (Å²) >= 11 is 0. The number of carbonyl (C=O) groups is 1. The molecule has 0 saturated carbocycles. The number of rotatable bonds is 5. The van der Waals surface area contributed by atoms with Gasteiger partial charge in [0.2, 0.25) is 0 Å². The number of anilines is 1. The van der Waals surface area contributed by atoms with Crippen LogP contribution >= 0.6 is 0 Å². The van der Waals surface area contributed by atoms with Gasteiger partial charge in [-0.1, -0.05) is 31.2 Å². The van der Waals surface area contributed by atoms with E-state index in [1.54, 1.807) is 12.1 Å². The van der Waals surface area contributed by atoms with E-state index >= 15 is 0 Å². The van der Waals surface area contributed by atoms with Crippen LogP contribution in [-0.4, -0.2) is 19.4 Å². The summed E-state index contributed by atoms with van der Waals surface area (Å²) in [5, 5.41) is 8.79. The topological polar surface area (TPSA) is 44.1 Å². The second-order valence-electron chi connectivity index (χ2n) is 4.99. The number of nitriles is 1. The third-order valence-corrected chi connectivity index (χ3v) is 3.50. The molecular formula is C18H18N2O. The van der Waals surface area contributed by atoms with Crippen molar-refractivity contribution in [3.63, 3.8) is 0 Å². The molecule has 21 heavy (non-hydrogen) atoms. The summed E-state index contributed by atoms with van der Waals surface area (Å²) in [5.41, 5.74) is 3.50. The van der Waals surface area contributed by atoms with Crippen molar-refractivity contribution in [3.05, 3.63) is 65.2 Å². The lowest BCUT2D eigenvalue weighted by Gasteiger charge is -2.18. The number of aryl methyl sites for hydroxylation is 1. The number of hydrogen-bond acceptors (Lipinski definition) is 3. The van der Waals surface area contributed by atoms with E-state index < -0.39 is 0 Å². The molecule has 0 heterocycles. The quantitative estimate of drug-likeness (QED) is 0.787. The van der Waals surface area contributed by atoms with Crippen molar-refractivity contribution in [2.24, 2.45) is 0 Å². The zero-order chi connectivity index (χ0) is 15.2. The van der Waals surface area contributed by atoms with Crippen molar-refractivity contribution in [2.75, 3.05) is 18.5 Å². The first-order valence-electron chi connectivity index (χ1n) is 6.97. The van der Waals surface area contributed by atoms with Crippen LogP contribution < -0.4 is 4.90 Å². The molecule has 0 fully saturated rings. The summed E-state index contributed by atoms with van der Waals surface area (Å²) < 4.78 is 0. The molecule has 0 spiro atoms. The summed E-state index contributed by atoms with van der Waals surface area (Å²) in [5.74, 6) is 0.0875. The number of carbonyl (C=O) groups excluding carboxylic acids is 1. The number of hydrogen-bond donors (Lipinski definition) is 0. The molecule has 0 atom stereocenters. The van der Waals surface area contributed by atoms with Crippen LogP contribution in [0.2, 0.25) is 0 Å². The van der Waals surface area contributed by atoms with Gasteiger partial charge in [0.25, 0.3) is 0 Å². The first-order chi connectivity index (χ1) is 10.1. The minimum Gasteiger partial charge on any atom is -0.367 e.